The van der Waals surface area contributed by atoms with E-state index in [0.29, 0.717) is 5.82 Å². The number of halogens is 1. The predicted molar refractivity (Wildman–Crippen MR) is 72.9 cm³/mol. The zero-order valence-corrected chi connectivity index (χ0v) is 12.7. The molecule has 2 aromatic heterocycles. The maximum atomic E-state index is 11.6. The Labute approximate surface area is 121 Å². The molecule has 1 aliphatic carbocycles. The van der Waals surface area contributed by atoms with Crippen LogP contribution in [0.5, 0.6) is 0 Å². The van der Waals surface area contributed by atoms with Crippen molar-refractivity contribution in [3.63, 3.8) is 0 Å². The minimum Gasteiger partial charge on any atom is -0.294 e. The van der Waals surface area contributed by atoms with Gasteiger partial charge in [0.15, 0.2) is 5.82 Å². The van der Waals surface area contributed by atoms with Crippen LogP contribution < -0.4 is 0 Å². The zero-order valence-electron chi connectivity index (χ0n) is 11.1. The first-order chi connectivity index (χ1) is 9.41. The fourth-order valence-electron chi connectivity index (χ4n) is 2.27. The van der Waals surface area contributed by atoms with Gasteiger partial charge in [0.25, 0.3) is 14.2 Å². The highest BCUT2D eigenvalue weighted by molar-refractivity contribution is 8.13. The summed E-state index contributed by atoms with van der Waals surface area (Å²) in [6.07, 6.45) is 4.38. The summed E-state index contributed by atoms with van der Waals surface area (Å²) < 4.78 is 26.5. The predicted octanol–water partition coefficient (Wildman–Crippen LogP) is 1.50. The SMILES string of the molecule is CCc1nn(C)cc1-c1nnc(S(=O)(=O)Cl)n1C1CC1. The van der Waals surface area contributed by atoms with E-state index >= 15 is 0 Å². The molecule has 2 aromatic rings. The lowest BCUT2D eigenvalue weighted by atomic mass is 10.2. The molecule has 0 aliphatic heterocycles. The van der Waals surface area contributed by atoms with Crippen LogP contribution in [0.4, 0.5) is 0 Å². The smallest absolute Gasteiger partial charge is 0.294 e. The molecule has 108 valence electrons. The first kappa shape index (κ1) is 13.6. The molecule has 0 unspecified atom stereocenters. The van der Waals surface area contributed by atoms with E-state index in [2.05, 4.69) is 15.3 Å². The maximum absolute atomic E-state index is 11.6. The molecule has 20 heavy (non-hydrogen) atoms. The lowest BCUT2D eigenvalue weighted by molar-refractivity contribution is 0.579. The third-order valence-electron chi connectivity index (χ3n) is 3.28. The molecule has 0 N–H and O–H groups in total. The lowest BCUT2D eigenvalue weighted by Gasteiger charge is -2.06. The average Bonchev–Trinajstić information content (AvgIpc) is 2.98. The van der Waals surface area contributed by atoms with Gasteiger partial charge < -0.3 is 0 Å². The number of aromatic nitrogens is 5. The number of hydrogen-bond acceptors (Lipinski definition) is 5. The Morgan fingerprint density at radius 3 is 2.65 bits per heavy atom. The van der Waals surface area contributed by atoms with Crippen molar-refractivity contribution in [1.82, 2.24) is 24.5 Å². The molecule has 0 spiro atoms. The molecule has 9 heteroatoms. The molecule has 3 rings (SSSR count). The molecule has 0 amide bonds. The average molecular weight is 316 g/mol. The first-order valence-electron chi connectivity index (χ1n) is 6.34. The van der Waals surface area contributed by atoms with E-state index in [1.165, 1.54) is 0 Å². The molecule has 1 fully saturated rings. The lowest BCUT2D eigenvalue weighted by Crippen LogP contribution is -2.06. The van der Waals surface area contributed by atoms with Gasteiger partial charge >= 0.3 is 0 Å². The monoisotopic (exact) mass is 315 g/mol. The molecule has 1 saturated carbocycles. The fraction of sp³-hybridized carbons (Fsp3) is 0.545. The molecule has 0 saturated heterocycles. The van der Waals surface area contributed by atoms with Gasteiger partial charge in [-0.2, -0.15) is 5.10 Å². The van der Waals surface area contributed by atoms with E-state index in [1.54, 1.807) is 9.25 Å². The second-order valence-electron chi connectivity index (χ2n) is 4.86. The molecule has 2 heterocycles. The fourth-order valence-corrected chi connectivity index (χ4v) is 3.20. The highest BCUT2D eigenvalue weighted by atomic mass is 35.7. The molecule has 1 aliphatic rings. The standard InChI is InChI=1S/C11H14ClN5O2S/c1-3-9-8(6-16(2)15-9)10-13-14-11(20(12,18)19)17(10)7-4-5-7/h6-7H,3-5H2,1-2H3. The van der Waals surface area contributed by atoms with Gasteiger partial charge in [0, 0.05) is 30.0 Å². The Kier molecular flexibility index (Phi) is 3.09. The quantitative estimate of drug-likeness (QED) is 0.799. The van der Waals surface area contributed by atoms with Crippen LogP contribution in [0.15, 0.2) is 11.4 Å². The van der Waals surface area contributed by atoms with E-state index in [1.807, 2.05) is 20.2 Å². The van der Waals surface area contributed by atoms with Crippen LogP contribution in [-0.2, 0) is 22.5 Å². The van der Waals surface area contributed by atoms with Gasteiger partial charge in [0.1, 0.15) is 0 Å². The molecule has 0 radical (unpaired) electrons. The number of nitrogens with zero attached hydrogens (tertiary/aromatic N) is 5. The Bertz CT molecular complexity index is 760. The van der Waals surface area contributed by atoms with Gasteiger partial charge in [-0.15, -0.1) is 10.2 Å². The summed E-state index contributed by atoms with van der Waals surface area (Å²) in [6, 6.07) is 0.105. The van der Waals surface area contributed by atoms with E-state index in [4.69, 9.17) is 10.7 Å². The molecule has 7 nitrogen and oxygen atoms in total. The van der Waals surface area contributed by atoms with Gasteiger partial charge in [0.05, 0.1) is 11.3 Å². The van der Waals surface area contributed by atoms with Gasteiger partial charge in [-0.1, -0.05) is 6.92 Å². The molecular weight excluding hydrogens is 302 g/mol. The van der Waals surface area contributed by atoms with Crippen molar-refractivity contribution in [3.05, 3.63) is 11.9 Å². The first-order valence-corrected chi connectivity index (χ1v) is 8.65. The minimum atomic E-state index is -3.90. The van der Waals surface area contributed by atoms with Crippen LogP contribution in [0.3, 0.4) is 0 Å². The molecule has 0 aromatic carbocycles. The number of rotatable bonds is 4. The highest BCUT2D eigenvalue weighted by Gasteiger charge is 2.35. The molecular formula is C11H14ClN5O2S. The van der Waals surface area contributed by atoms with Crippen LogP contribution in [0.1, 0.15) is 31.5 Å². The summed E-state index contributed by atoms with van der Waals surface area (Å²) in [5.41, 5.74) is 1.67. The number of hydrogen-bond donors (Lipinski definition) is 0. The summed E-state index contributed by atoms with van der Waals surface area (Å²) in [4.78, 5) is 0. The van der Waals surface area contributed by atoms with Crippen LogP contribution in [0.2, 0.25) is 0 Å². The summed E-state index contributed by atoms with van der Waals surface area (Å²) in [5.74, 6) is 0.525. The zero-order chi connectivity index (χ0) is 14.5. The molecule has 0 bridgehead atoms. The largest absolute Gasteiger partial charge is 0.296 e. The maximum Gasteiger partial charge on any atom is 0.296 e. The topological polar surface area (TPSA) is 82.7 Å². The van der Waals surface area contributed by atoms with Gasteiger partial charge in [-0.3, -0.25) is 9.25 Å². The van der Waals surface area contributed by atoms with E-state index in [0.717, 1.165) is 30.5 Å². The van der Waals surface area contributed by atoms with Crippen molar-refractivity contribution in [2.75, 3.05) is 0 Å². The highest BCUT2D eigenvalue weighted by Crippen LogP contribution is 2.40. The second-order valence-corrected chi connectivity index (χ2v) is 7.32. The number of aryl methyl sites for hydroxylation is 2. The summed E-state index contributed by atoms with van der Waals surface area (Å²) >= 11 is 0. The van der Waals surface area contributed by atoms with Crippen molar-refractivity contribution in [2.45, 2.75) is 37.4 Å². The van der Waals surface area contributed by atoms with Crippen molar-refractivity contribution in [1.29, 1.82) is 0 Å². The Balaban J connectivity index is 2.22. The van der Waals surface area contributed by atoms with Crippen molar-refractivity contribution in [2.24, 2.45) is 7.05 Å². The minimum absolute atomic E-state index is 0.105. The van der Waals surface area contributed by atoms with Crippen molar-refractivity contribution >= 4 is 19.7 Å². The van der Waals surface area contributed by atoms with E-state index < -0.39 is 9.05 Å². The van der Waals surface area contributed by atoms with Crippen LogP contribution in [-0.4, -0.2) is 33.0 Å². The Morgan fingerprint density at radius 1 is 1.40 bits per heavy atom. The summed E-state index contributed by atoms with van der Waals surface area (Å²) in [5, 5.41) is 12.0. The summed E-state index contributed by atoms with van der Waals surface area (Å²) in [6.45, 7) is 1.99. The normalized spacial score (nSPS) is 15.8. The van der Waals surface area contributed by atoms with Crippen molar-refractivity contribution in [3.8, 4) is 11.4 Å². The van der Waals surface area contributed by atoms with Crippen molar-refractivity contribution < 1.29 is 8.42 Å². The van der Waals surface area contributed by atoms with Gasteiger partial charge in [-0.25, -0.2) is 8.42 Å². The van der Waals surface area contributed by atoms with E-state index in [-0.39, 0.29) is 11.2 Å². The van der Waals surface area contributed by atoms with Crippen LogP contribution >= 0.6 is 10.7 Å². The third-order valence-corrected chi connectivity index (χ3v) is 4.40. The summed E-state index contributed by atoms with van der Waals surface area (Å²) in [7, 11) is 3.36. The van der Waals surface area contributed by atoms with Crippen LogP contribution in [0.25, 0.3) is 11.4 Å². The van der Waals surface area contributed by atoms with Crippen LogP contribution in [0, 0.1) is 0 Å². The van der Waals surface area contributed by atoms with Gasteiger partial charge in [0.2, 0.25) is 0 Å². The van der Waals surface area contributed by atoms with E-state index in [9.17, 15) is 8.42 Å². The Morgan fingerprint density at radius 2 is 2.10 bits per heavy atom. The third kappa shape index (κ3) is 2.22. The van der Waals surface area contributed by atoms with Gasteiger partial charge in [-0.05, 0) is 19.3 Å². The second kappa shape index (κ2) is 4.56. The Hall–Kier alpha value is -1.41. The molecule has 0 atom stereocenters.